The normalized spacial score (nSPS) is 14.1. The van der Waals surface area contributed by atoms with E-state index in [-0.39, 0.29) is 11.5 Å². The minimum Gasteiger partial charge on any atom is -0.384 e. The third-order valence-corrected chi connectivity index (χ3v) is 5.23. The van der Waals surface area contributed by atoms with Crippen molar-refractivity contribution in [3.05, 3.63) is 59.9 Å². The molecule has 2 aromatic heterocycles. The number of hydrogen-bond acceptors (Lipinski definition) is 5. The second-order valence-electron chi connectivity index (χ2n) is 7.20. The Morgan fingerprint density at radius 3 is 2.52 bits per heavy atom. The molecule has 1 aromatic carbocycles. The minimum atomic E-state index is -0.522. The molecule has 3 heterocycles. The monoisotopic (exact) mass is 391 g/mol. The molecule has 4 rings (SSSR count). The second-order valence-corrected chi connectivity index (χ2v) is 7.20. The zero-order chi connectivity index (χ0) is 20.4. The fourth-order valence-corrected chi connectivity index (χ4v) is 3.70. The maximum atomic E-state index is 14.5. The molecule has 0 unspecified atom stereocenters. The van der Waals surface area contributed by atoms with Crippen LogP contribution in [-0.4, -0.2) is 38.8 Å². The van der Waals surface area contributed by atoms with Crippen LogP contribution in [0.5, 0.6) is 0 Å². The maximum Gasteiger partial charge on any atom is 0.256 e. The Kier molecular flexibility index (Phi) is 5.20. The number of pyridine rings is 1. The molecule has 0 saturated carbocycles. The van der Waals surface area contributed by atoms with Crippen LogP contribution < -0.4 is 5.73 Å². The van der Waals surface area contributed by atoms with E-state index in [1.54, 1.807) is 29.3 Å². The van der Waals surface area contributed by atoms with Crippen LogP contribution in [0.3, 0.4) is 0 Å². The molecule has 0 aliphatic carbocycles. The number of halogens is 1. The van der Waals surface area contributed by atoms with Gasteiger partial charge in [0.2, 0.25) is 0 Å². The summed E-state index contributed by atoms with van der Waals surface area (Å²) in [6.45, 7) is 3.20. The highest BCUT2D eigenvalue weighted by Gasteiger charge is 2.23. The molecule has 6 nitrogen and oxygen atoms in total. The van der Waals surface area contributed by atoms with Gasteiger partial charge in [-0.1, -0.05) is 0 Å². The molecule has 0 spiro atoms. The van der Waals surface area contributed by atoms with Gasteiger partial charge >= 0.3 is 0 Å². The van der Waals surface area contributed by atoms with Crippen LogP contribution in [0, 0.1) is 12.7 Å². The average Bonchev–Trinajstić information content (AvgIpc) is 2.75. The molecule has 1 aliphatic rings. The molecule has 148 valence electrons. The minimum absolute atomic E-state index is 0.0713. The summed E-state index contributed by atoms with van der Waals surface area (Å²) in [5.74, 6) is -0.377. The zero-order valence-corrected chi connectivity index (χ0v) is 16.2. The van der Waals surface area contributed by atoms with Crippen molar-refractivity contribution in [2.24, 2.45) is 0 Å². The molecule has 7 heteroatoms. The van der Waals surface area contributed by atoms with E-state index in [1.165, 1.54) is 12.4 Å². The lowest BCUT2D eigenvalue weighted by molar-refractivity contribution is 0.0719. The Morgan fingerprint density at radius 2 is 1.79 bits per heavy atom. The number of anilines is 1. The van der Waals surface area contributed by atoms with Crippen molar-refractivity contribution in [1.82, 2.24) is 19.9 Å². The molecule has 2 N–H and O–H groups in total. The predicted molar refractivity (Wildman–Crippen MR) is 110 cm³/mol. The van der Waals surface area contributed by atoms with Crippen molar-refractivity contribution in [3.8, 4) is 22.4 Å². The number of benzene rings is 1. The molecule has 0 radical (unpaired) electrons. The topological polar surface area (TPSA) is 85.0 Å². The van der Waals surface area contributed by atoms with Crippen molar-refractivity contribution in [3.63, 3.8) is 0 Å². The van der Waals surface area contributed by atoms with Gasteiger partial charge in [0.15, 0.2) is 0 Å². The lowest BCUT2D eigenvalue weighted by Gasteiger charge is -2.27. The number of nitrogens with two attached hydrogens (primary N) is 1. The number of aromatic nitrogens is 3. The number of hydrogen-bond donors (Lipinski definition) is 1. The average molecular weight is 391 g/mol. The third kappa shape index (κ3) is 3.81. The van der Waals surface area contributed by atoms with Crippen LogP contribution in [0.1, 0.15) is 35.3 Å². The zero-order valence-electron chi connectivity index (χ0n) is 16.2. The van der Waals surface area contributed by atoms with E-state index in [0.717, 1.165) is 36.1 Å². The summed E-state index contributed by atoms with van der Waals surface area (Å²) in [5, 5.41) is 0. The second kappa shape index (κ2) is 7.95. The highest BCUT2D eigenvalue weighted by molar-refractivity contribution is 5.96. The number of nitrogens with zero attached hydrogens (tertiary/aromatic N) is 4. The summed E-state index contributed by atoms with van der Waals surface area (Å²) >= 11 is 0. The van der Waals surface area contributed by atoms with Gasteiger partial charge in [-0.15, -0.1) is 0 Å². The maximum absolute atomic E-state index is 14.5. The molecule has 0 bridgehead atoms. The molecule has 29 heavy (non-hydrogen) atoms. The molecule has 1 fully saturated rings. The number of carbonyl (C=O) groups excluding carboxylic acids is 1. The van der Waals surface area contributed by atoms with Crippen molar-refractivity contribution in [2.75, 3.05) is 18.8 Å². The van der Waals surface area contributed by atoms with Gasteiger partial charge in [-0.2, -0.15) is 0 Å². The lowest BCUT2D eigenvalue weighted by atomic mass is 9.97. The van der Waals surface area contributed by atoms with E-state index in [2.05, 4.69) is 15.0 Å². The van der Waals surface area contributed by atoms with Crippen molar-refractivity contribution >= 4 is 11.7 Å². The van der Waals surface area contributed by atoms with Crippen molar-refractivity contribution < 1.29 is 9.18 Å². The Labute approximate surface area is 168 Å². The number of carbonyl (C=O) groups is 1. The Balaban J connectivity index is 1.79. The molecular formula is C22H22FN5O. The molecule has 3 aromatic rings. The fourth-order valence-electron chi connectivity index (χ4n) is 3.70. The van der Waals surface area contributed by atoms with Gasteiger partial charge in [0.05, 0.1) is 11.3 Å². The first-order chi connectivity index (χ1) is 14.0. The number of likely N-dealkylation sites (tertiary alicyclic amines) is 1. The van der Waals surface area contributed by atoms with Crippen LogP contribution in [-0.2, 0) is 0 Å². The van der Waals surface area contributed by atoms with E-state index in [4.69, 9.17) is 5.73 Å². The van der Waals surface area contributed by atoms with Crippen molar-refractivity contribution in [1.29, 1.82) is 0 Å². The van der Waals surface area contributed by atoms with E-state index < -0.39 is 5.82 Å². The number of aryl methyl sites for hydroxylation is 1. The molecule has 1 amide bonds. The van der Waals surface area contributed by atoms with Crippen LogP contribution >= 0.6 is 0 Å². The summed E-state index contributed by atoms with van der Waals surface area (Å²) in [4.78, 5) is 27.5. The number of amides is 1. The van der Waals surface area contributed by atoms with Crippen molar-refractivity contribution in [2.45, 2.75) is 26.2 Å². The molecule has 1 saturated heterocycles. The Morgan fingerprint density at radius 1 is 1.03 bits per heavy atom. The van der Waals surface area contributed by atoms with E-state index >= 15 is 0 Å². The quantitative estimate of drug-likeness (QED) is 0.733. The summed E-state index contributed by atoms with van der Waals surface area (Å²) in [6.07, 6.45) is 6.13. The lowest BCUT2D eigenvalue weighted by Crippen LogP contribution is -2.36. The van der Waals surface area contributed by atoms with Crippen LogP contribution in [0.15, 0.2) is 42.9 Å². The number of nitrogen functional groups attached to an aromatic ring is 1. The molecular weight excluding hydrogens is 369 g/mol. The van der Waals surface area contributed by atoms with E-state index in [1.807, 2.05) is 13.0 Å². The number of rotatable bonds is 3. The fraction of sp³-hybridized carbons (Fsp3) is 0.273. The summed E-state index contributed by atoms with van der Waals surface area (Å²) in [7, 11) is 0. The predicted octanol–water partition coefficient (Wildman–Crippen LogP) is 3.86. The molecule has 1 aliphatic heterocycles. The van der Waals surface area contributed by atoms with Gasteiger partial charge in [0, 0.05) is 41.7 Å². The highest BCUT2D eigenvalue weighted by Crippen LogP contribution is 2.33. The smallest absolute Gasteiger partial charge is 0.256 e. The summed E-state index contributed by atoms with van der Waals surface area (Å²) < 4.78 is 14.5. The third-order valence-electron chi connectivity index (χ3n) is 5.23. The van der Waals surface area contributed by atoms with E-state index in [0.29, 0.717) is 30.2 Å². The first kappa shape index (κ1) is 19.0. The number of piperidine rings is 1. The summed E-state index contributed by atoms with van der Waals surface area (Å²) in [5.41, 5.74) is 9.40. The van der Waals surface area contributed by atoms with Crippen LogP contribution in [0.2, 0.25) is 0 Å². The van der Waals surface area contributed by atoms with Crippen LogP contribution in [0.4, 0.5) is 10.2 Å². The standard InChI is InChI=1S/C22H22FN5O/c1-14-20(16-6-8-19(24)25-12-16)21(27-13-26-14)15-5-7-18(23)17(11-15)22(29)28-9-3-2-4-10-28/h5-8,11-13H,2-4,9-10H2,1H3,(H2,24,25). The van der Waals surface area contributed by atoms with Gasteiger partial charge in [0.1, 0.15) is 18.0 Å². The largest absolute Gasteiger partial charge is 0.384 e. The Hall–Kier alpha value is -3.35. The SMILES string of the molecule is Cc1ncnc(-c2ccc(F)c(C(=O)N3CCCCC3)c2)c1-c1ccc(N)nc1. The van der Waals surface area contributed by atoms with Gasteiger partial charge in [-0.3, -0.25) is 4.79 Å². The Bertz CT molecular complexity index is 1050. The summed E-state index contributed by atoms with van der Waals surface area (Å²) in [6, 6.07) is 8.11. The first-order valence-electron chi connectivity index (χ1n) is 9.67. The highest BCUT2D eigenvalue weighted by atomic mass is 19.1. The van der Waals surface area contributed by atoms with Crippen LogP contribution in [0.25, 0.3) is 22.4 Å². The van der Waals surface area contributed by atoms with Gasteiger partial charge in [0.25, 0.3) is 5.91 Å². The van der Waals surface area contributed by atoms with Gasteiger partial charge in [-0.25, -0.2) is 19.3 Å². The van der Waals surface area contributed by atoms with Gasteiger partial charge < -0.3 is 10.6 Å². The first-order valence-corrected chi connectivity index (χ1v) is 9.67. The van der Waals surface area contributed by atoms with E-state index in [9.17, 15) is 9.18 Å². The van der Waals surface area contributed by atoms with Gasteiger partial charge in [-0.05, 0) is 56.5 Å². The molecule has 0 atom stereocenters.